The van der Waals surface area contributed by atoms with Crippen LogP contribution in [0.5, 0.6) is 0 Å². The van der Waals surface area contributed by atoms with Gasteiger partial charge < -0.3 is 0 Å². The summed E-state index contributed by atoms with van der Waals surface area (Å²) in [4.78, 5) is 0. The maximum absolute atomic E-state index is 5.71. The van der Waals surface area contributed by atoms with Crippen molar-refractivity contribution in [2.24, 2.45) is 12.9 Å². The molecule has 20 heavy (non-hydrogen) atoms. The molecule has 3 N–H and O–H groups in total. The van der Waals surface area contributed by atoms with Gasteiger partial charge in [0.25, 0.3) is 0 Å². The van der Waals surface area contributed by atoms with Crippen molar-refractivity contribution in [3.63, 3.8) is 0 Å². The summed E-state index contributed by atoms with van der Waals surface area (Å²) in [6, 6.07) is 14.7. The first-order chi connectivity index (χ1) is 9.79. The molecule has 0 fully saturated rings. The van der Waals surface area contributed by atoms with E-state index in [2.05, 4.69) is 58.2 Å². The lowest BCUT2D eigenvalue weighted by molar-refractivity contribution is 0.508. The number of fused-ring (bicyclic) bond motifs is 1. The second-order valence-corrected chi connectivity index (χ2v) is 4.84. The van der Waals surface area contributed by atoms with Crippen LogP contribution in [-0.4, -0.2) is 15.0 Å². The molecule has 0 saturated carbocycles. The zero-order valence-electron chi connectivity index (χ0n) is 11.3. The van der Waals surface area contributed by atoms with E-state index in [-0.39, 0.29) is 6.04 Å². The average molecular weight is 267 g/mol. The van der Waals surface area contributed by atoms with Gasteiger partial charge in [0.2, 0.25) is 0 Å². The lowest BCUT2D eigenvalue weighted by Gasteiger charge is -2.16. The summed E-state index contributed by atoms with van der Waals surface area (Å²) >= 11 is 0. The van der Waals surface area contributed by atoms with E-state index in [9.17, 15) is 0 Å². The van der Waals surface area contributed by atoms with Gasteiger partial charge >= 0.3 is 0 Å². The third-order valence-corrected chi connectivity index (χ3v) is 3.61. The Hall–Kier alpha value is -2.24. The van der Waals surface area contributed by atoms with Crippen molar-refractivity contribution in [2.75, 3.05) is 0 Å². The van der Waals surface area contributed by atoms with Crippen LogP contribution in [0.3, 0.4) is 0 Å². The molecule has 3 aromatic rings. The van der Waals surface area contributed by atoms with Gasteiger partial charge in [-0.2, -0.15) is 0 Å². The van der Waals surface area contributed by atoms with Gasteiger partial charge in [-0.1, -0.05) is 47.7 Å². The van der Waals surface area contributed by atoms with Gasteiger partial charge in [0.1, 0.15) is 0 Å². The van der Waals surface area contributed by atoms with Crippen molar-refractivity contribution < 1.29 is 0 Å². The third kappa shape index (κ3) is 2.29. The molecular weight excluding hydrogens is 250 g/mol. The van der Waals surface area contributed by atoms with Crippen LogP contribution in [0.1, 0.15) is 17.3 Å². The Bertz CT molecular complexity index is 714. The van der Waals surface area contributed by atoms with Crippen LogP contribution in [0.2, 0.25) is 0 Å². The average Bonchev–Trinajstić information content (AvgIpc) is 2.91. The molecule has 1 unspecified atom stereocenters. The first-order valence-electron chi connectivity index (χ1n) is 6.57. The van der Waals surface area contributed by atoms with Crippen LogP contribution in [0.4, 0.5) is 0 Å². The van der Waals surface area contributed by atoms with Crippen molar-refractivity contribution >= 4 is 10.8 Å². The highest BCUT2D eigenvalue weighted by Crippen LogP contribution is 2.23. The molecule has 3 rings (SSSR count). The largest absolute Gasteiger partial charge is 0.271 e. The summed E-state index contributed by atoms with van der Waals surface area (Å²) in [5.74, 6) is 5.71. The molecule has 0 saturated heterocycles. The van der Waals surface area contributed by atoms with Crippen molar-refractivity contribution in [2.45, 2.75) is 12.5 Å². The minimum absolute atomic E-state index is 0.0131. The quantitative estimate of drug-likeness (QED) is 0.558. The van der Waals surface area contributed by atoms with Gasteiger partial charge in [0, 0.05) is 7.05 Å². The molecule has 0 aliphatic heterocycles. The minimum atomic E-state index is -0.0131. The number of nitrogens with two attached hydrogens (primary N) is 1. The smallest absolute Gasteiger partial charge is 0.0770 e. The van der Waals surface area contributed by atoms with E-state index in [1.54, 1.807) is 10.9 Å². The van der Waals surface area contributed by atoms with Crippen LogP contribution in [0.25, 0.3) is 10.8 Å². The van der Waals surface area contributed by atoms with Crippen molar-refractivity contribution in [3.8, 4) is 0 Å². The standard InChI is InChI=1S/C15H17N5/c1-20-15(10-17-19-20)14(18-16)9-12-7-4-6-11-5-2-3-8-13(11)12/h2-8,10,14,18H,9,16H2,1H3. The fourth-order valence-electron chi connectivity index (χ4n) is 2.55. The fraction of sp³-hybridized carbons (Fsp3) is 0.200. The first kappa shape index (κ1) is 12.8. The second kappa shape index (κ2) is 5.40. The molecule has 0 bridgehead atoms. The van der Waals surface area contributed by atoms with E-state index < -0.39 is 0 Å². The molecule has 0 spiro atoms. The first-order valence-corrected chi connectivity index (χ1v) is 6.57. The summed E-state index contributed by atoms with van der Waals surface area (Å²) in [6.07, 6.45) is 2.54. The maximum Gasteiger partial charge on any atom is 0.0770 e. The number of hydrazine groups is 1. The number of aromatic nitrogens is 3. The molecule has 1 atom stereocenters. The van der Waals surface area contributed by atoms with E-state index in [1.807, 2.05) is 7.05 Å². The van der Waals surface area contributed by atoms with E-state index >= 15 is 0 Å². The van der Waals surface area contributed by atoms with Gasteiger partial charge in [0.05, 0.1) is 17.9 Å². The number of hydrogen-bond acceptors (Lipinski definition) is 4. The zero-order valence-corrected chi connectivity index (χ0v) is 11.3. The normalized spacial score (nSPS) is 12.7. The van der Waals surface area contributed by atoms with Crippen LogP contribution in [-0.2, 0) is 13.5 Å². The number of nitrogens with one attached hydrogen (secondary N) is 1. The van der Waals surface area contributed by atoms with Crippen LogP contribution in [0, 0.1) is 0 Å². The van der Waals surface area contributed by atoms with Crippen LogP contribution in [0.15, 0.2) is 48.7 Å². The Morgan fingerprint density at radius 3 is 2.75 bits per heavy atom. The summed E-state index contributed by atoms with van der Waals surface area (Å²) in [5, 5.41) is 10.4. The summed E-state index contributed by atoms with van der Waals surface area (Å²) < 4.78 is 1.75. The lowest BCUT2D eigenvalue weighted by Crippen LogP contribution is -2.31. The number of nitrogens with zero attached hydrogens (tertiary/aromatic N) is 3. The molecule has 0 aliphatic rings. The predicted octanol–water partition coefficient (Wildman–Crippen LogP) is 1.72. The Balaban J connectivity index is 1.98. The van der Waals surface area contributed by atoms with Gasteiger partial charge in [-0.3, -0.25) is 16.0 Å². The topological polar surface area (TPSA) is 68.8 Å². The second-order valence-electron chi connectivity index (χ2n) is 4.84. The number of benzene rings is 2. The van der Waals surface area contributed by atoms with E-state index in [1.165, 1.54) is 16.3 Å². The third-order valence-electron chi connectivity index (χ3n) is 3.61. The van der Waals surface area contributed by atoms with Crippen molar-refractivity contribution in [3.05, 3.63) is 59.9 Å². The van der Waals surface area contributed by atoms with Crippen molar-refractivity contribution in [1.82, 2.24) is 20.4 Å². The summed E-state index contributed by atoms with van der Waals surface area (Å²) in [5.41, 5.74) is 5.09. The van der Waals surface area contributed by atoms with Crippen molar-refractivity contribution in [1.29, 1.82) is 0 Å². The van der Waals surface area contributed by atoms with Gasteiger partial charge in [-0.15, -0.1) is 5.10 Å². The highest BCUT2D eigenvalue weighted by molar-refractivity contribution is 5.85. The molecular formula is C15H17N5. The molecule has 1 heterocycles. The molecule has 102 valence electrons. The number of hydrogen-bond donors (Lipinski definition) is 2. The number of rotatable bonds is 4. The SMILES string of the molecule is Cn1nncc1C(Cc1cccc2ccccc12)NN. The zero-order chi connectivity index (χ0) is 13.9. The Morgan fingerprint density at radius 1 is 1.20 bits per heavy atom. The Kier molecular flexibility index (Phi) is 3.45. The number of aryl methyl sites for hydroxylation is 1. The Morgan fingerprint density at radius 2 is 2.00 bits per heavy atom. The minimum Gasteiger partial charge on any atom is -0.271 e. The predicted molar refractivity (Wildman–Crippen MR) is 78.7 cm³/mol. The van der Waals surface area contributed by atoms with Gasteiger partial charge in [-0.05, 0) is 22.8 Å². The Labute approximate surface area is 117 Å². The van der Waals surface area contributed by atoms with Crippen LogP contribution >= 0.6 is 0 Å². The van der Waals surface area contributed by atoms with Crippen LogP contribution < -0.4 is 11.3 Å². The molecule has 5 heteroatoms. The molecule has 0 aliphatic carbocycles. The monoisotopic (exact) mass is 267 g/mol. The van der Waals surface area contributed by atoms with E-state index in [4.69, 9.17) is 5.84 Å². The van der Waals surface area contributed by atoms with Gasteiger partial charge in [0.15, 0.2) is 0 Å². The maximum atomic E-state index is 5.71. The molecule has 0 radical (unpaired) electrons. The van der Waals surface area contributed by atoms with E-state index in [0.717, 1.165) is 12.1 Å². The molecule has 2 aromatic carbocycles. The highest BCUT2D eigenvalue weighted by atomic mass is 15.4. The summed E-state index contributed by atoms with van der Waals surface area (Å²) in [6.45, 7) is 0. The fourth-order valence-corrected chi connectivity index (χ4v) is 2.55. The summed E-state index contributed by atoms with van der Waals surface area (Å²) in [7, 11) is 1.87. The molecule has 5 nitrogen and oxygen atoms in total. The van der Waals surface area contributed by atoms with E-state index in [0.29, 0.717) is 0 Å². The van der Waals surface area contributed by atoms with Gasteiger partial charge in [-0.25, -0.2) is 0 Å². The lowest BCUT2D eigenvalue weighted by atomic mass is 9.98. The molecule has 1 aromatic heterocycles. The highest BCUT2D eigenvalue weighted by Gasteiger charge is 2.16. The molecule has 0 amide bonds.